The van der Waals surface area contributed by atoms with Crippen LogP contribution in [0.3, 0.4) is 0 Å². The number of aliphatic hydroxyl groups is 1. The molecule has 1 aromatic carbocycles. The number of carbonyl (C=O) groups is 2. The lowest BCUT2D eigenvalue weighted by Crippen LogP contribution is -2.35. The predicted molar refractivity (Wildman–Crippen MR) is 92.8 cm³/mol. The maximum atomic E-state index is 12.0. The largest absolute Gasteiger partial charge is 0.392 e. The summed E-state index contributed by atoms with van der Waals surface area (Å²) in [5.41, 5.74) is 1.37. The van der Waals surface area contributed by atoms with E-state index in [1.54, 1.807) is 24.3 Å². The van der Waals surface area contributed by atoms with Crippen molar-refractivity contribution in [1.29, 1.82) is 0 Å². The van der Waals surface area contributed by atoms with Crippen LogP contribution in [-0.4, -0.2) is 35.6 Å². The van der Waals surface area contributed by atoms with E-state index in [-0.39, 0.29) is 30.3 Å². The van der Waals surface area contributed by atoms with E-state index in [0.717, 1.165) is 0 Å². The van der Waals surface area contributed by atoms with Crippen LogP contribution in [0.15, 0.2) is 24.3 Å². The van der Waals surface area contributed by atoms with Gasteiger partial charge in [0.15, 0.2) is 0 Å². The van der Waals surface area contributed by atoms with Gasteiger partial charge in [0.25, 0.3) is 0 Å². The Labute approximate surface area is 142 Å². The Morgan fingerprint density at radius 1 is 1.22 bits per heavy atom. The number of nitrogens with one attached hydrogen (secondary N) is 3. The molecule has 1 aromatic rings. The van der Waals surface area contributed by atoms with Gasteiger partial charge in [-0.3, -0.25) is 9.59 Å². The molecule has 2 unspecified atom stereocenters. The SMILES string of the molecule is CC(C)CC(=O)Nc1ccc(NC(=O)C2CC(O)CN2)cc1.Cl. The molecule has 0 spiro atoms. The highest BCUT2D eigenvalue weighted by Gasteiger charge is 2.27. The summed E-state index contributed by atoms with van der Waals surface area (Å²) in [6.45, 7) is 4.43. The Balaban J connectivity index is 0.00000264. The van der Waals surface area contributed by atoms with Crippen molar-refractivity contribution in [2.45, 2.75) is 38.8 Å². The molecule has 1 fully saturated rings. The van der Waals surface area contributed by atoms with Crippen molar-refractivity contribution < 1.29 is 14.7 Å². The van der Waals surface area contributed by atoms with E-state index < -0.39 is 6.10 Å². The number of anilines is 2. The first-order chi connectivity index (χ1) is 10.4. The summed E-state index contributed by atoms with van der Waals surface area (Å²) in [4.78, 5) is 23.7. The molecule has 1 aliphatic rings. The van der Waals surface area contributed by atoms with Gasteiger partial charge in [0.1, 0.15) is 0 Å². The number of hydrogen-bond donors (Lipinski definition) is 4. The van der Waals surface area contributed by atoms with Gasteiger partial charge in [-0.05, 0) is 36.6 Å². The highest BCUT2D eigenvalue weighted by atomic mass is 35.5. The number of amides is 2. The van der Waals surface area contributed by atoms with Crippen LogP contribution in [0.4, 0.5) is 11.4 Å². The second kappa shape index (κ2) is 8.86. The Morgan fingerprint density at radius 3 is 2.26 bits per heavy atom. The zero-order chi connectivity index (χ0) is 16.1. The van der Waals surface area contributed by atoms with Crippen LogP contribution in [0, 0.1) is 5.92 Å². The monoisotopic (exact) mass is 341 g/mol. The van der Waals surface area contributed by atoms with Crippen LogP contribution in [0.2, 0.25) is 0 Å². The van der Waals surface area contributed by atoms with Crippen LogP contribution >= 0.6 is 12.4 Å². The lowest BCUT2D eigenvalue weighted by Gasteiger charge is -2.12. The van der Waals surface area contributed by atoms with Crippen molar-refractivity contribution in [3.05, 3.63) is 24.3 Å². The maximum absolute atomic E-state index is 12.0. The summed E-state index contributed by atoms with van der Waals surface area (Å²) in [5, 5.41) is 18.0. The summed E-state index contributed by atoms with van der Waals surface area (Å²) in [5.74, 6) is 0.136. The molecule has 2 atom stereocenters. The smallest absolute Gasteiger partial charge is 0.241 e. The average Bonchev–Trinajstić information content (AvgIpc) is 2.87. The van der Waals surface area contributed by atoms with Gasteiger partial charge in [0.2, 0.25) is 11.8 Å². The van der Waals surface area contributed by atoms with E-state index in [1.807, 2.05) is 13.8 Å². The topological polar surface area (TPSA) is 90.5 Å². The van der Waals surface area contributed by atoms with Gasteiger partial charge >= 0.3 is 0 Å². The third-order valence-electron chi connectivity index (χ3n) is 3.45. The summed E-state index contributed by atoms with van der Waals surface area (Å²) in [7, 11) is 0. The molecule has 0 aliphatic carbocycles. The summed E-state index contributed by atoms with van der Waals surface area (Å²) in [6, 6.07) is 6.64. The van der Waals surface area contributed by atoms with Crippen molar-refractivity contribution >= 4 is 35.6 Å². The zero-order valence-electron chi connectivity index (χ0n) is 13.3. The van der Waals surface area contributed by atoms with Gasteiger partial charge in [-0.1, -0.05) is 13.8 Å². The third kappa shape index (κ3) is 6.17. The van der Waals surface area contributed by atoms with Crippen LogP contribution in [-0.2, 0) is 9.59 Å². The van der Waals surface area contributed by atoms with E-state index in [1.165, 1.54) is 0 Å². The van der Waals surface area contributed by atoms with E-state index in [2.05, 4.69) is 16.0 Å². The number of hydrogen-bond acceptors (Lipinski definition) is 4. The number of carbonyl (C=O) groups excluding carboxylic acids is 2. The Hall–Kier alpha value is -1.63. The van der Waals surface area contributed by atoms with Crippen molar-refractivity contribution in [2.24, 2.45) is 5.92 Å². The second-order valence-electron chi connectivity index (χ2n) is 6.06. The molecule has 1 aliphatic heterocycles. The van der Waals surface area contributed by atoms with Crippen LogP contribution in [0.25, 0.3) is 0 Å². The fourth-order valence-corrected chi connectivity index (χ4v) is 2.37. The fourth-order valence-electron chi connectivity index (χ4n) is 2.37. The summed E-state index contributed by atoms with van der Waals surface area (Å²) >= 11 is 0. The molecule has 23 heavy (non-hydrogen) atoms. The van der Waals surface area contributed by atoms with Crippen molar-refractivity contribution in [3.63, 3.8) is 0 Å². The van der Waals surface area contributed by atoms with Gasteiger partial charge in [-0.25, -0.2) is 0 Å². The van der Waals surface area contributed by atoms with Crippen LogP contribution in [0.1, 0.15) is 26.7 Å². The number of rotatable bonds is 5. The number of aliphatic hydroxyl groups excluding tert-OH is 1. The van der Waals surface area contributed by atoms with Gasteiger partial charge in [0.05, 0.1) is 12.1 Å². The maximum Gasteiger partial charge on any atom is 0.241 e. The molecule has 0 aromatic heterocycles. The van der Waals surface area contributed by atoms with Gasteiger partial charge in [0, 0.05) is 24.3 Å². The molecule has 7 heteroatoms. The molecular weight excluding hydrogens is 318 g/mol. The Kier molecular flexibility index (Phi) is 7.48. The summed E-state index contributed by atoms with van der Waals surface area (Å²) in [6.07, 6.45) is 0.442. The lowest BCUT2D eigenvalue weighted by atomic mass is 10.1. The molecule has 128 valence electrons. The third-order valence-corrected chi connectivity index (χ3v) is 3.45. The highest BCUT2D eigenvalue weighted by molar-refractivity contribution is 5.95. The molecule has 2 rings (SSSR count). The number of benzene rings is 1. The van der Waals surface area contributed by atoms with Crippen LogP contribution in [0.5, 0.6) is 0 Å². The van der Waals surface area contributed by atoms with Gasteiger partial charge in [-0.15, -0.1) is 12.4 Å². The average molecular weight is 342 g/mol. The quantitative estimate of drug-likeness (QED) is 0.657. The van der Waals surface area contributed by atoms with Gasteiger partial charge in [-0.2, -0.15) is 0 Å². The van der Waals surface area contributed by atoms with Crippen molar-refractivity contribution in [3.8, 4) is 0 Å². The molecule has 6 nitrogen and oxygen atoms in total. The minimum absolute atomic E-state index is 0. The normalized spacial score (nSPS) is 20.0. The predicted octanol–water partition coefficient (Wildman–Crippen LogP) is 1.75. The molecule has 1 saturated heterocycles. The summed E-state index contributed by atoms with van der Waals surface area (Å²) < 4.78 is 0. The standard InChI is InChI=1S/C16H23N3O3.ClH/c1-10(2)7-15(21)18-11-3-5-12(6-4-11)19-16(22)14-8-13(20)9-17-14;/h3-6,10,13-14,17,20H,7-9H2,1-2H3,(H,18,21)(H,19,22);1H. The fraction of sp³-hybridized carbons (Fsp3) is 0.500. The van der Waals surface area contributed by atoms with E-state index in [9.17, 15) is 14.7 Å². The van der Waals surface area contributed by atoms with E-state index in [4.69, 9.17) is 0 Å². The van der Waals surface area contributed by atoms with E-state index >= 15 is 0 Å². The Bertz CT molecular complexity index is 534. The molecule has 0 bridgehead atoms. The van der Waals surface area contributed by atoms with E-state index in [0.29, 0.717) is 36.7 Å². The minimum atomic E-state index is -0.464. The first-order valence-electron chi connectivity index (χ1n) is 7.56. The molecule has 2 amide bonds. The molecule has 1 heterocycles. The number of halogens is 1. The lowest BCUT2D eigenvalue weighted by molar-refractivity contribution is -0.118. The van der Waals surface area contributed by atoms with Crippen molar-refractivity contribution in [1.82, 2.24) is 5.32 Å². The number of β-amino-alcohol motifs (C(OH)–C–C–N with tert-alkyl or cyclic N) is 1. The zero-order valence-corrected chi connectivity index (χ0v) is 14.2. The van der Waals surface area contributed by atoms with Crippen LogP contribution < -0.4 is 16.0 Å². The van der Waals surface area contributed by atoms with Gasteiger partial charge < -0.3 is 21.1 Å². The first-order valence-corrected chi connectivity index (χ1v) is 7.56. The first kappa shape index (κ1) is 19.4. The highest BCUT2D eigenvalue weighted by Crippen LogP contribution is 2.16. The minimum Gasteiger partial charge on any atom is -0.392 e. The molecule has 4 N–H and O–H groups in total. The molecule has 0 saturated carbocycles. The molecule has 0 radical (unpaired) electrons. The second-order valence-corrected chi connectivity index (χ2v) is 6.06. The Morgan fingerprint density at radius 2 is 1.78 bits per heavy atom. The molecular formula is C16H24ClN3O3. The van der Waals surface area contributed by atoms with Crippen molar-refractivity contribution in [2.75, 3.05) is 17.2 Å².